The second-order valence-electron chi connectivity index (χ2n) is 6.13. The Morgan fingerprint density at radius 3 is 2.13 bits per heavy atom. The molecule has 0 amide bonds. The van der Waals surface area contributed by atoms with Crippen LogP contribution in [0, 0.1) is 21.0 Å². The summed E-state index contributed by atoms with van der Waals surface area (Å²) in [5.74, 6) is -3.78. The fourth-order valence-electron chi connectivity index (χ4n) is 2.62. The van der Waals surface area contributed by atoms with Crippen molar-refractivity contribution in [1.82, 2.24) is 0 Å². The van der Waals surface area contributed by atoms with Crippen LogP contribution in [0.1, 0.15) is 5.56 Å². The summed E-state index contributed by atoms with van der Waals surface area (Å²) in [4.78, 5) is -1.11. The summed E-state index contributed by atoms with van der Waals surface area (Å²) in [6.45, 7) is 0. The fourth-order valence-corrected chi connectivity index (χ4v) is 4.37. The molecule has 0 aliphatic heterocycles. The normalized spacial score (nSPS) is 12.0. The van der Waals surface area contributed by atoms with Crippen molar-refractivity contribution in [2.75, 3.05) is 10.0 Å². The van der Waals surface area contributed by atoms with Crippen LogP contribution in [-0.4, -0.2) is 8.42 Å². The molecule has 2 N–H and O–H groups in total. The van der Waals surface area contributed by atoms with Gasteiger partial charge in [0.2, 0.25) is 0 Å². The van der Waals surface area contributed by atoms with E-state index in [4.69, 9.17) is 0 Å². The Morgan fingerprint density at radius 2 is 1.48 bits per heavy atom. The van der Waals surface area contributed by atoms with E-state index in [1.165, 1.54) is 12.1 Å². The number of benzene rings is 3. The molecule has 31 heavy (non-hydrogen) atoms. The smallest absolute Gasteiger partial charge is 0.349 e. The minimum absolute atomic E-state index is 0.305. The number of nitrogens with one attached hydrogen (secondary N) is 2. The highest BCUT2D eigenvalue weighted by Crippen LogP contribution is 2.37. The van der Waals surface area contributed by atoms with Crippen molar-refractivity contribution in [2.45, 2.75) is 11.1 Å². The lowest BCUT2D eigenvalue weighted by Gasteiger charge is -2.18. The van der Waals surface area contributed by atoms with Crippen LogP contribution in [0.15, 0.2) is 59.5 Å². The molecule has 0 heterocycles. The van der Waals surface area contributed by atoms with E-state index in [0.717, 1.165) is 30.3 Å². The maximum atomic E-state index is 14.4. The van der Waals surface area contributed by atoms with Crippen LogP contribution in [0.5, 0.6) is 0 Å². The molecule has 12 heteroatoms. The molecule has 0 atom stereocenters. The summed E-state index contributed by atoms with van der Waals surface area (Å²) < 4.78 is 110. The minimum atomic E-state index is -4.98. The van der Waals surface area contributed by atoms with Crippen LogP contribution in [0.2, 0.25) is 0 Å². The van der Waals surface area contributed by atoms with Crippen molar-refractivity contribution in [3.05, 3.63) is 81.2 Å². The van der Waals surface area contributed by atoms with Gasteiger partial charge in [0.05, 0.1) is 21.8 Å². The fraction of sp³-hybridized carbons (Fsp3) is 0.0526. The number of hydrogen-bond acceptors (Lipinski definition) is 3. The van der Waals surface area contributed by atoms with Crippen LogP contribution in [0.4, 0.5) is 43.4 Å². The van der Waals surface area contributed by atoms with Gasteiger partial charge in [0.15, 0.2) is 11.6 Å². The van der Waals surface area contributed by atoms with Crippen LogP contribution in [0.25, 0.3) is 0 Å². The van der Waals surface area contributed by atoms with Crippen LogP contribution >= 0.6 is 22.6 Å². The molecule has 0 unspecified atom stereocenters. The molecule has 0 aliphatic carbocycles. The van der Waals surface area contributed by atoms with Crippen molar-refractivity contribution in [3.63, 3.8) is 0 Å². The standard InChI is InChI=1S/C19H11F6IN2O2S/c20-12-6-8-15(18(17(12)22)27-14-7-5-10(26)9-13(14)21)28-31(29,30)16-4-2-1-3-11(16)19(23,24)25/h1-9,27-28H. The van der Waals surface area contributed by atoms with Crippen LogP contribution in [0.3, 0.4) is 0 Å². The summed E-state index contributed by atoms with van der Waals surface area (Å²) in [5.41, 5.74) is -3.16. The van der Waals surface area contributed by atoms with Gasteiger partial charge in [-0.05, 0) is 65.1 Å². The van der Waals surface area contributed by atoms with Crippen molar-refractivity contribution >= 4 is 49.7 Å². The average Bonchev–Trinajstić information content (AvgIpc) is 2.68. The van der Waals surface area contributed by atoms with Gasteiger partial charge in [0.25, 0.3) is 10.0 Å². The molecule has 0 saturated carbocycles. The topological polar surface area (TPSA) is 58.2 Å². The highest BCUT2D eigenvalue weighted by Gasteiger charge is 2.37. The van der Waals surface area contributed by atoms with Crippen molar-refractivity contribution in [3.8, 4) is 0 Å². The zero-order valence-electron chi connectivity index (χ0n) is 15.1. The number of rotatable bonds is 5. The third-order valence-electron chi connectivity index (χ3n) is 4.01. The molecule has 164 valence electrons. The SMILES string of the molecule is O=S(=O)(Nc1ccc(F)c(F)c1Nc1ccc(I)cc1F)c1ccccc1C(F)(F)F. The predicted molar refractivity (Wildman–Crippen MR) is 111 cm³/mol. The van der Waals surface area contributed by atoms with Crippen molar-refractivity contribution in [2.24, 2.45) is 0 Å². The zero-order chi connectivity index (χ0) is 23.0. The van der Waals surface area contributed by atoms with Gasteiger partial charge >= 0.3 is 6.18 Å². The Labute approximate surface area is 186 Å². The number of anilines is 3. The first kappa shape index (κ1) is 23.2. The van der Waals surface area contributed by atoms with Crippen LogP contribution in [-0.2, 0) is 16.2 Å². The molecule has 0 fully saturated rings. The van der Waals surface area contributed by atoms with Gasteiger partial charge in [0, 0.05) is 3.57 Å². The molecular weight excluding hydrogens is 561 g/mol. The summed E-state index contributed by atoms with van der Waals surface area (Å²) in [5, 5.41) is 2.25. The molecule has 3 aromatic rings. The molecule has 0 radical (unpaired) electrons. The van der Waals surface area contributed by atoms with Crippen molar-refractivity contribution < 1.29 is 34.8 Å². The van der Waals surface area contributed by atoms with Gasteiger partial charge in [0.1, 0.15) is 11.5 Å². The van der Waals surface area contributed by atoms with Gasteiger partial charge in [-0.2, -0.15) is 13.2 Å². The highest BCUT2D eigenvalue weighted by molar-refractivity contribution is 14.1. The van der Waals surface area contributed by atoms with Gasteiger partial charge < -0.3 is 5.32 Å². The second-order valence-corrected chi connectivity index (χ2v) is 9.03. The van der Waals surface area contributed by atoms with E-state index in [2.05, 4.69) is 5.32 Å². The molecule has 3 rings (SSSR count). The first-order valence-corrected chi connectivity index (χ1v) is 10.9. The molecule has 0 aliphatic rings. The number of alkyl halides is 3. The highest BCUT2D eigenvalue weighted by atomic mass is 127. The first-order valence-electron chi connectivity index (χ1n) is 8.29. The molecule has 3 aromatic carbocycles. The van der Waals surface area contributed by atoms with E-state index in [1.54, 1.807) is 0 Å². The third kappa shape index (κ3) is 5.06. The maximum absolute atomic E-state index is 14.4. The monoisotopic (exact) mass is 572 g/mol. The van der Waals surface area contributed by atoms with Gasteiger partial charge in [-0.15, -0.1) is 0 Å². The third-order valence-corrected chi connectivity index (χ3v) is 6.11. The first-order chi connectivity index (χ1) is 14.4. The van der Waals surface area contributed by atoms with E-state index in [1.807, 2.05) is 27.3 Å². The van der Waals surface area contributed by atoms with E-state index >= 15 is 0 Å². The van der Waals surface area contributed by atoms with E-state index in [9.17, 15) is 34.8 Å². The Kier molecular flexibility index (Phi) is 6.41. The Morgan fingerprint density at radius 1 is 0.839 bits per heavy atom. The Hall–Kier alpha value is -2.48. The lowest BCUT2D eigenvalue weighted by molar-refractivity contribution is -0.139. The number of hydrogen-bond donors (Lipinski definition) is 2. The zero-order valence-corrected chi connectivity index (χ0v) is 18.0. The number of sulfonamides is 1. The van der Waals surface area contributed by atoms with E-state index in [-0.39, 0.29) is 5.69 Å². The quantitative estimate of drug-likeness (QED) is 0.280. The molecule has 0 bridgehead atoms. The summed E-state index contributed by atoms with van der Waals surface area (Å²) in [7, 11) is -4.88. The molecule has 0 saturated heterocycles. The Bertz CT molecular complexity index is 1250. The largest absolute Gasteiger partial charge is 0.417 e. The predicted octanol–water partition coefficient (Wildman–Crippen LogP) is 6.27. The summed E-state index contributed by atoms with van der Waals surface area (Å²) >= 11 is 1.82. The second kappa shape index (κ2) is 8.57. The lowest BCUT2D eigenvalue weighted by atomic mass is 10.2. The summed E-state index contributed by atoms with van der Waals surface area (Å²) in [6, 6.07) is 8.50. The summed E-state index contributed by atoms with van der Waals surface area (Å²) in [6.07, 6.45) is -4.98. The molecule has 0 spiro atoms. The minimum Gasteiger partial charge on any atom is -0.349 e. The average molecular weight is 572 g/mol. The van der Waals surface area contributed by atoms with E-state index in [0.29, 0.717) is 15.7 Å². The van der Waals surface area contributed by atoms with Gasteiger partial charge in [-0.25, -0.2) is 21.6 Å². The van der Waals surface area contributed by atoms with Crippen LogP contribution < -0.4 is 10.0 Å². The lowest BCUT2D eigenvalue weighted by Crippen LogP contribution is -2.19. The molecule has 0 aromatic heterocycles. The van der Waals surface area contributed by atoms with Gasteiger partial charge in [-0.3, -0.25) is 4.72 Å². The van der Waals surface area contributed by atoms with Crippen molar-refractivity contribution in [1.29, 1.82) is 0 Å². The molecule has 4 nitrogen and oxygen atoms in total. The Balaban J connectivity index is 2.08. The van der Waals surface area contributed by atoms with Gasteiger partial charge in [-0.1, -0.05) is 12.1 Å². The maximum Gasteiger partial charge on any atom is 0.417 e. The number of halogens is 7. The molecular formula is C19H11F6IN2O2S. The van der Waals surface area contributed by atoms with E-state index < -0.39 is 55.5 Å².